The molecule has 3 rings (SSSR count). The maximum atomic E-state index is 6.01. The highest BCUT2D eigenvalue weighted by Gasteiger charge is 2.17. The van der Waals surface area contributed by atoms with E-state index in [2.05, 4.69) is 32.3 Å². The molecule has 0 radical (unpaired) electrons. The van der Waals surface area contributed by atoms with Crippen LogP contribution in [0, 0.1) is 6.92 Å². The van der Waals surface area contributed by atoms with Gasteiger partial charge in [-0.3, -0.25) is 0 Å². The average Bonchev–Trinajstić information content (AvgIpc) is 3.20. The van der Waals surface area contributed by atoms with Gasteiger partial charge in [0.2, 0.25) is 11.8 Å². The summed E-state index contributed by atoms with van der Waals surface area (Å²) in [6.45, 7) is 4.08. The number of oxazole rings is 1. The molecule has 0 aliphatic heterocycles. The lowest BCUT2D eigenvalue weighted by Crippen LogP contribution is -2.20. The monoisotopic (exact) mass is 315 g/mol. The van der Waals surface area contributed by atoms with E-state index in [-0.39, 0.29) is 5.95 Å². The van der Waals surface area contributed by atoms with E-state index in [1.54, 1.807) is 10.7 Å². The summed E-state index contributed by atoms with van der Waals surface area (Å²) in [5.41, 5.74) is 8.16. The number of nitrogens with one attached hydrogen (secondary N) is 1. The summed E-state index contributed by atoms with van der Waals surface area (Å²) in [7, 11) is 1.97. The molecule has 0 saturated carbocycles. The van der Waals surface area contributed by atoms with Crippen molar-refractivity contribution in [1.29, 1.82) is 0 Å². The summed E-state index contributed by atoms with van der Waals surface area (Å²) >= 11 is 0. The van der Waals surface area contributed by atoms with E-state index < -0.39 is 0 Å². The zero-order valence-corrected chi connectivity index (χ0v) is 13.6. The molecular formula is C15H21N7O. The fourth-order valence-electron chi connectivity index (χ4n) is 2.47. The van der Waals surface area contributed by atoms with Gasteiger partial charge in [0.15, 0.2) is 11.5 Å². The Hall–Kier alpha value is -2.48. The summed E-state index contributed by atoms with van der Waals surface area (Å²) in [6, 6.07) is 0.483. The fraction of sp³-hybridized carbons (Fsp3) is 0.467. The predicted molar refractivity (Wildman–Crippen MR) is 86.9 cm³/mol. The molecule has 0 saturated heterocycles. The number of rotatable bonds is 6. The van der Waals surface area contributed by atoms with Crippen molar-refractivity contribution in [2.45, 2.75) is 39.2 Å². The molecule has 0 aliphatic rings. The number of hydrogen-bond acceptors (Lipinski definition) is 7. The molecule has 8 heteroatoms. The Kier molecular flexibility index (Phi) is 4.24. The topological polar surface area (TPSA) is 107 Å². The molecule has 0 bridgehead atoms. The Labute approximate surface area is 134 Å². The molecule has 122 valence electrons. The summed E-state index contributed by atoms with van der Waals surface area (Å²) in [5.74, 6) is 1.49. The van der Waals surface area contributed by atoms with Gasteiger partial charge in [-0.25, -0.2) is 15.0 Å². The molecule has 8 nitrogen and oxygen atoms in total. The smallest absolute Gasteiger partial charge is 0.245 e. The van der Waals surface area contributed by atoms with E-state index >= 15 is 0 Å². The van der Waals surface area contributed by atoms with Crippen molar-refractivity contribution in [3.05, 3.63) is 23.8 Å². The lowest BCUT2D eigenvalue weighted by Gasteiger charge is -2.07. The number of nitrogens with two attached hydrogens (primary N) is 1. The van der Waals surface area contributed by atoms with Gasteiger partial charge in [0.1, 0.15) is 12.0 Å². The van der Waals surface area contributed by atoms with Gasteiger partial charge >= 0.3 is 0 Å². The highest BCUT2D eigenvalue weighted by Crippen LogP contribution is 2.24. The maximum Gasteiger partial charge on any atom is 0.245 e. The van der Waals surface area contributed by atoms with Crippen molar-refractivity contribution < 1.29 is 4.42 Å². The van der Waals surface area contributed by atoms with Crippen LogP contribution in [0.25, 0.3) is 17.2 Å². The number of fused-ring (bicyclic) bond motifs is 1. The van der Waals surface area contributed by atoms with Gasteiger partial charge in [-0.15, -0.1) is 5.10 Å². The highest BCUT2D eigenvalue weighted by molar-refractivity contribution is 5.65. The molecule has 0 amide bonds. The van der Waals surface area contributed by atoms with Gasteiger partial charge < -0.3 is 15.5 Å². The molecule has 0 aliphatic carbocycles. The van der Waals surface area contributed by atoms with Crippen molar-refractivity contribution >= 4 is 11.6 Å². The van der Waals surface area contributed by atoms with E-state index in [1.165, 1.54) is 6.26 Å². The van der Waals surface area contributed by atoms with Gasteiger partial charge in [0.25, 0.3) is 0 Å². The largest absolute Gasteiger partial charge is 0.443 e. The second-order valence-corrected chi connectivity index (χ2v) is 5.63. The maximum absolute atomic E-state index is 6.01. The zero-order valence-electron chi connectivity index (χ0n) is 13.6. The molecule has 0 unspecified atom stereocenters. The molecular weight excluding hydrogens is 294 g/mol. The van der Waals surface area contributed by atoms with Crippen molar-refractivity contribution in [1.82, 2.24) is 29.9 Å². The number of anilines is 1. The van der Waals surface area contributed by atoms with Crippen LogP contribution in [0.2, 0.25) is 0 Å². The number of aryl methyl sites for hydroxylation is 2. The summed E-state index contributed by atoms with van der Waals surface area (Å²) in [6.07, 6.45) is 5.98. The van der Waals surface area contributed by atoms with Crippen molar-refractivity contribution in [3.63, 3.8) is 0 Å². The van der Waals surface area contributed by atoms with Crippen molar-refractivity contribution in [2.75, 3.05) is 12.8 Å². The highest BCUT2D eigenvalue weighted by atomic mass is 16.3. The second kappa shape index (κ2) is 6.33. The van der Waals surface area contributed by atoms with Crippen LogP contribution in [0.1, 0.15) is 31.2 Å². The number of nitrogen functional groups attached to an aromatic ring is 1. The van der Waals surface area contributed by atoms with Crippen LogP contribution in [0.4, 0.5) is 5.95 Å². The molecule has 0 spiro atoms. The molecule has 3 N–H and O–H groups in total. The molecule has 23 heavy (non-hydrogen) atoms. The molecule has 3 aromatic rings. The van der Waals surface area contributed by atoms with Gasteiger partial charge in [0, 0.05) is 18.0 Å². The second-order valence-electron chi connectivity index (χ2n) is 5.63. The Morgan fingerprint density at radius 3 is 2.91 bits per heavy atom. The lowest BCUT2D eigenvalue weighted by atomic mass is 10.1. The average molecular weight is 315 g/mol. The Morgan fingerprint density at radius 2 is 2.22 bits per heavy atom. The van der Waals surface area contributed by atoms with Gasteiger partial charge in [0.05, 0.1) is 6.20 Å². The third kappa shape index (κ3) is 3.02. The molecule has 1 atom stereocenters. The third-order valence-corrected chi connectivity index (χ3v) is 3.95. The van der Waals surface area contributed by atoms with Crippen LogP contribution in [-0.2, 0) is 6.42 Å². The first kappa shape index (κ1) is 15.4. The quantitative estimate of drug-likeness (QED) is 0.711. The van der Waals surface area contributed by atoms with Crippen LogP contribution in [-0.4, -0.2) is 37.7 Å². The Balaban J connectivity index is 1.90. The molecule has 0 aromatic carbocycles. The molecule has 3 heterocycles. The SMILES string of the molecule is CN[C@@H](C)CCCc1nc2c(C)c(-c3ncco3)nc(N)n2n1. The van der Waals surface area contributed by atoms with Crippen LogP contribution >= 0.6 is 0 Å². The van der Waals surface area contributed by atoms with E-state index in [0.717, 1.165) is 30.7 Å². The molecule has 0 fully saturated rings. The zero-order chi connectivity index (χ0) is 16.4. The fourth-order valence-corrected chi connectivity index (χ4v) is 2.47. The van der Waals surface area contributed by atoms with Crippen molar-refractivity contribution in [3.8, 4) is 11.6 Å². The Bertz CT molecular complexity index is 794. The van der Waals surface area contributed by atoms with Crippen LogP contribution in [0.5, 0.6) is 0 Å². The number of aromatic nitrogens is 5. The summed E-state index contributed by atoms with van der Waals surface area (Å²) in [5, 5.41) is 7.69. The minimum atomic E-state index is 0.279. The normalized spacial score (nSPS) is 12.8. The predicted octanol–water partition coefficient (Wildman–Crippen LogP) is 1.60. The van der Waals surface area contributed by atoms with Gasteiger partial charge in [-0.1, -0.05) is 0 Å². The van der Waals surface area contributed by atoms with Gasteiger partial charge in [-0.2, -0.15) is 4.52 Å². The summed E-state index contributed by atoms with van der Waals surface area (Å²) in [4.78, 5) is 13.1. The summed E-state index contributed by atoms with van der Waals surface area (Å²) < 4.78 is 6.90. The first-order chi connectivity index (χ1) is 11.1. The minimum absolute atomic E-state index is 0.279. The lowest BCUT2D eigenvalue weighted by molar-refractivity contribution is 0.537. The van der Waals surface area contributed by atoms with E-state index in [4.69, 9.17) is 10.2 Å². The third-order valence-electron chi connectivity index (χ3n) is 3.95. The van der Waals surface area contributed by atoms with E-state index in [1.807, 2.05) is 14.0 Å². The van der Waals surface area contributed by atoms with E-state index in [0.29, 0.717) is 23.3 Å². The first-order valence-electron chi connectivity index (χ1n) is 7.69. The molecule has 3 aromatic heterocycles. The first-order valence-corrected chi connectivity index (χ1v) is 7.69. The minimum Gasteiger partial charge on any atom is -0.443 e. The number of hydrogen-bond donors (Lipinski definition) is 2. The van der Waals surface area contributed by atoms with Gasteiger partial charge in [-0.05, 0) is 33.7 Å². The van der Waals surface area contributed by atoms with Crippen molar-refractivity contribution in [2.24, 2.45) is 0 Å². The number of nitrogens with zero attached hydrogens (tertiary/aromatic N) is 5. The van der Waals surface area contributed by atoms with Crippen LogP contribution in [0.15, 0.2) is 16.9 Å². The standard InChI is InChI=1S/C15H21N7O/c1-9(17-3)5-4-6-11-19-13-10(2)12(14-18-7-8-23-14)20-15(16)22(13)21-11/h7-9,17H,4-6H2,1-3H3,(H2,16,20)/t9-/m0/s1. The Morgan fingerprint density at radius 1 is 1.39 bits per heavy atom. The van der Waals surface area contributed by atoms with E-state index in [9.17, 15) is 0 Å². The van der Waals surface area contributed by atoms with Crippen LogP contribution in [0.3, 0.4) is 0 Å². The van der Waals surface area contributed by atoms with Crippen LogP contribution < -0.4 is 11.1 Å².